The fourth-order valence-electron chi connectivity index (χ4n) is 4.61. The van der Waals surface area contributed by atoms with Crippen molar-refractivity contribution in [2.24, 2.45) is 5.73 Å². The van der Waals surface area contributed by atoms with Crippen molar-refractivity contribution in [2.75, 3.05) is 12.3 Å². The van der Waals surface area contributed by atoms with Crippen molar-refractivity contribution in [3.63, 3.8) is 0 Å². The van der Waals surface area contributed by atoms with Gasteiger partial charge in [0.05, 0.1) is 29.1 Å². The summed E-state index contributed by atoms with van der Waals surface area (Å²) in [5.74, 6) is 0. The summed E-state index contributed by atoms with van der Waals surface area (Å²) in [5, 5.41) is 24.0. The second kappa shape index (κ2) is 10.1. The molecule has 1 unspecified atom stereocenters. The summed E-state index contributed by atoms with van der Waals surface area (Å²) in [6.45, 7) is 0.213. The number of benzene rings is 2. The average Bonchev–Trinajstić information content (AvgIpc) is 3.50. The van der Waals surface area contributed by atoms with Crippen LogP contribution in [0.1, 0.15) is 48.2 Å². The third-order valence-electron chi connectivity index (χ3n) is 6.59. The quantitative estimate of drug-likeness (QED) is 0.232. The lowest BCUT2D eigenvalue weighted by Gasteiger charge is -2.30. The van der Waals surface area contributed by atoms with Crippen molar-refractivity contribution < 1.29 is 5.11 Å². The Kier molecular flexibility index (Phi) is 6.70. The smallest absolute Gasteiger partial charge is 0.212 e. The summed E-state index contributed by atoms with van der Waals surface area (Å²) in [7, 11) is 0. The van der Waals surface area contributed by atoms with Crippen molar-refractivity contribution in [1.82, 2.24) is 14.6 Å². The van der Waals surface area contributed by atoms with Gasteiger partial charge in [-0.25, -0.2) is 9.50 Å². The topological polar surface area (TPSA) is 126 Å². The molecule has 4 aromatic rings. The zero-order chi connectivity index (χ0) is 25.1. The van der Waals surface area contributed by atoms with Gasteiger partial charge in [0, 0.05) is 17.9 Å². The Morgan fingerprint density at radius 1 is 1.06 bits per heavy atom. The van der Waals surface area contributed by atoms with E-state index < -0.39 is 5.54 Å². The molecular formula is C28H28N6OS. The van der Waals surface area contributed by atoms with E-state index >= 15 is 0 Å². The van der Waals surface area contributed by atoms with E-state index in [9.17, 15) is 5.11 Å². The van der Waals surface area contributed by atoms with Gasteiger partial charge in [-0.05, 0) is 61.1 Å². The van der Waals surface area contributed by atoms with Crippen molar-refractivity contribution >= 4 is 27.6 Å². The molecule has 0 saturated carbocycles. The van der Waals surface area contributed by atoms with Crippen molar-refractivity contribution in [3.05, 3.63) is 88.6 Å². The maximum absolute atomic E-state index is 9.19. The van der Waals surface area contributed by atoms with Crippen LogP contribution in [0.3, 0.4) is 0 Å². The van der Waals surface area contributed by atoms with E-state index in [4.69, 9.17) is 21.8 Å². The lowest BCUT2D eigenvalue weighted by atomic mass is 9.80. The van der Waals surface area contributed by atoms with Crippen LogP contribution in [-0.2, 0) is 5.54 Å². The molecule has 0 aliphatic heterocycles. The number of anilines is 1. The number of unbranched alkanes of at least 4 members (excludes halogenated alkanes) is 2. The molecule has 2 heterocycles. The molecule has 8 heteroatoms. The summed E-state index contributed by atoms with van der Waals surface area (Å²) in [6, 6.07) is 17.5. The molecule has 2 aromatic carbocycles. The minimum atomic E-state index is -0.739. The number of hydrogen-bond donors (Lipinski definition) is 3. The van der Waals surface area contributed by atoms with Crippen molar-refractivity contribution in [3.8, 4) is 17.3 Å². The van der Waals surface area contributed by atoms with Gasteiger partial charge in [-0.3, -0.25) is 0 Å². The first-order valence-corrected chi connectivity index (χ1v) is 12.8. The van der Waals surface area contributed by atoms with Crippen LogP contribution in [0.25, 0.3) is 21.8 Å². The van der Waals surface area contributed by atoms with Gasteiger partial charge < -0.3 is 16.6 Å². The van der Waals surface area contributed by atoms with E-state index in [-0.39, 0.29) is 6.61 Å². The van der Waals surface area contributed by atoms with Crippen LogP contribution in [0.4, 0.5) is 5.69 Å². The molecule has 7 nitrogen and oxygen atoms in total. The highest BCUT2D eigenvalue weighted by atomic mass is 32.1. The van der Waals surface area contributed by atoms with Gasteiger partial charge in [-0.1, -0.05) is 59.7 Å². The lowest BCUT2D eigenvalue weighted by Crippen LogP contribution is -2.36. The molecule has 0 bridgehead atoms. The molecule has 36 heavy (non-hydrogen) atoms. The summed E-state index contributed by atoms with van der Waals surface area (Å²) in [6.07, 6.45) is 10.3. The highest BCUT2D eigenvalue weighted by Gasteiger charge is 2.34. The number of imidazole rings is 1. The Labute approximate surface area is 214 Å². The fourth-order valence-corrected chi connectivity index (χ4v) is 5.57. The number of rotatable bonds is 8. The predicted molar refractivity (Wildman–Crippen MR) is 144 cm³/mol. The third-order valence-corrected chi connectivity index (χ3v) is 7.70. The highest BCUT2D eigenvalue weighted by molar-refractivity contribution is 7.16. The van der Waals surface area contributed by atoms with Crippen molar-refractivity contribution in [2.45, 2.75) is 37.6 Å². The first kappa shape index (κ1) is 23.9. The van der Waals surface area contributed by atoms with Gasteiger partial charge in [-0.15, -0.1) is 0 Å². The molecule has 1 aliphatic rings. The van der Waals surface area contributed by atoms with Crippen LogP contribution in [-0.4, -0.2) is 26.3 Å². The molecule has 1 atom stereocenters. The molecule has 2 aromatic heterocycles. The average molecular weight is 497 g/mol. The van der Waals surface area contributed by atoms with Crippen LogP contribution in [0, 0.1) is 11.3 Å². The molecule has 182 valence electrons. The summed E-state index contributed by atoms with van der Waals surface area (Å²) in [4.78, 5) is 5.35. The normalized spacial score (nSPS) is 17.6. The van der Waals surface area contributed by atoms with E-state index in [2.05, 4.69) is 23.2 Å². The standard InChI is InChI=1S/C28H28N6OS/c29-17-19-5-7-21(8-6-19)25-18-32-27-34(25)33-26(36-27)28(31)14-13-24(20-9-11-23(30)12-10-20)22(16-28)4-2-1-3-15-35/h5-14,18,35H,1-4,15-16,30-31H2. The predicted octanol–water partition coefficient (Wildman–Crippen LogP) is 5.03. The van der Waals surface area contributed by atoms with E-state index in [0.29, 0.717) is 12.0 Å². The van der Waals surface area contributed by atoms with E-state index in [0.717, 1.165) is 58.2 Å². The van der Waals surface area contributed by atoms with Crippen LogP contribution >= 0.6 is 11.3 Å². The first-order chi connectivity index (χ1) is 17.5. The van der Waals surface area contributed by atoms with Crippen LogP contribution in [0.2, 0.25) is 0 Å². The minimum absolute atomic E-state index is 0.213. The Morgan fingerprint density at radius 3 is 2.53 bits per heavy atom. The molecule has 1 aliphatic carbocycles. The lowest BCUT2D eigenvalue weighted by molar-refractivity contribution is 0.283. The second-order valence-electron chi connectivity index (χ2n) is 9.16. The molecular weight excluding hydrogens is 468 g/mol. The van der Waals surface area contributed by atoms with Gasteiger partial charge in [0.2, 0.25) is 4.96 Å². The molecule has 5 N–H and O–H groups in total. The Balaban J connectivity index is 1.47. The maximum Gasteiger partial charge on any atom is 0.212 e. The summed E-state index contributed by atoms with van der Waals surface area (Å²) in [5.41, 5.74) is 18.9. The molecule has 0 radical (unpaired) electrons. The van der Waals surface area contributed by atoms with Gasteiger partial charge >= 0.3 is 0 Å². The van der Waals surface area contributed by atoms with Gasteiger partial charge in [0.15, 0.2) is 0 Å². The molecule has 0 fully saturated rings. The zero-order valence-corrected chi connectivity index (χ0v) is 20.7. The number of fused-ring (bicyclic) bond motifs is 1. The SMILES string of the molecule is N#Cc1ccc(-c2cnc3sc(C4(N)C=CC(c5ccc(N)cc5)=C(CCCCCO)C4)nn23)cc1. The number of allylic oxidation sites excluding steroid dienone is 2. The van der Waals surface area contributed by atoms with Gasteiger partial charge in [0.25, 0.3) is 0 Å². The minimum Gasteiger partial charge on any atom is -0.399 e. The van der Waals surface area contributed by atoms with Crippen LogP contribution in [0.15, 0.2) is 72.5 Å². The van der Waals surface area contributed by atoms with Crippen molar-refractivity contribution in [1.29, 1.82) is 5.26 Å². The molecule has 0 amide bonds. The largest absolute Gasteiger partial charge is 0.399 e. The van der Waals surface area contributed by atoms with Gasteiger partial charge in [-0.2, -0.15) is 10.4 Å². The summed E-state index contributed by atoms with van der Waals surface area (Å²) < 4.78 is 1.84. The molecule has 5 rings (SSSR count). The monoisotopic (exact) mass is 496 g/mol. The molecule has 0 spiro atoms. The number of nitriles is 1. The van der Waals surface area contributed by atoms with Crippen LogP contribution < -0.4 is 11.5 Å². The van der Waals surface area contributed by atoms with Crippen LogP contribution in [0.5, 0.6) is 0 Å². The van der Waals surface area contributed by atoms with E-state index in [1.165, 1.54) is 22.5 Å². The highest BCUT2D eigenvalue weighted by Crippen LogP contribution is 2.41. The number of hydrogen-bond acceptors (Lipinski definition) is 7. The zero-order valence-electron chi connectivity index (χ0n) is 19.9. The fraction of sp³-hybridized carbons (Fsp3) is 0.250. The summed E-state index contributed by atoms with van der Waals surface area (Å²) >= 11 is 1.50. The number of aliphatic hydroxyl groups excluding tert-OH is 1. The Bertz CT molecular complexity index is 1470. The van der Waals surface area contributed by atoms with Gasteiger partial charge in [0.1, 0.15) is 5.01 Å². The molecule has 0 saturated heterocycles. The number of nitrogen functional groups attached to an aromatic ring is 1. The third kappa shape index (κ3) is 4.69. The number of aromatic nitrogens is 3. The Hall–Kier alpha value is -3.77. The maximum atomic E-state index is 9.19. The Morgan fingerprint density at radius 2 is 1.81 bits per heavy atom. The first-order valence-electron chi connectivity index (χ1n) is 12.0. The number of nitrogens with zero attached hydrogens (tertiary/aromatic N) is 4. The number of aliphatic hydroxyl groups is 1. The second-order valence-corrected chi connectivity index (χ2v) is 10.1. The number of nitrogens with two attached hydrogens (primary N) is 2. The van der Waals surface area contributed by atoms with E-state index in [1.54, 1.807) is 18.3 Å². The van der Waals surface area contributed by atoms with E-state index in [1.807, 2.05) is 40.9 Å².